The number of esters is 1. The van der Waals surface area contributed by atoms with Crippen LogP contribution in [-0.2, 0) is 32.7 Å². The quantitative estimate of drug-likeness (QED) is 0.0236. The maximum Gasteiger partial charge on any atom is 0.472 e. The van der Waals surface area contributed by atoms with Gasteiger partial charge in [0.15, 0.2) is 6.10 Å². The van der Waals surface area contributed by atoms with Crippen LogP contribution in [0.15, 0.2) is 12.3 Å². The van der Waals surface area contributed by atoms with Crippen LogP contribution < -0.4 is 5.73 Å². The predicted molar refractivity (Wildman–Crippen MR) is 217 cm³/mol. The van der Waals surface area contributed by atoms with Crippen molar-refractivity contribution in [3.63, 3.8) is 0 Å². The summed E-state index contributed by atoms with van der Waals surface area (Å²) in [5.74, 6) is -1.80. The average molecular weight is 776 g/mol. The van der Waals surface area contributed by atoms with Crippen LogP contribution in [0, 0.1) is 0 Å². The molecule has 4 N–H and O–H groups in total. The lowest BCUT2D eigenvalue weighted by Gasteiger charge is -2.20. The van der Waals surface area contributed by atoms with Gasteiger partial charge in [0.2, 0.25) is 0 Å². The zero-order valence-electron chi connectivity index (χ0n) is 34.1. The molecule has 53 heavy (non-hydrogen) atoms. The fourth-order valence-electron chi connectivity index (χ4n) is 6.22. The first-order valence-electron chi connectivity index (χ1n) is 21.8. The van der Waals surface area contributed by atoms with Crippen LogP contribution in [0.3, 0.4) is 0 Å². The summed E-state index contributed by atoms with van der Waals surface area (Å²) in [6, 6.07) is -1.48. The molecule has 0 radical (unpaired) electrons. The van der Waals surface area contributed by atoms with Gasteiger partial charge in [-0.3, -0.25) is 18.6 Å². The third kappa shape index (κ3) is 38.6. The Labute approximate surface area is 324 Å². The van der Waals surface area contributed by atoms with E-state index in [9.17, 15) is 19.0 Å². The van der Waals surface area contributed by atoms with Crippen molar-refractivity contribution in [1.29, 1.82) is 0 Å². The van der Waals surface area contributed by atoms with Gasteiger partial charge in [0.25, 0.3) is 0 Å². The molecule has 0 aromatic carbocycles. The Morgan fingerprint density at radius 3 is 1.38 bits per heavy atom. The molecule has 314 valence electrons. The minimum Gasteiger partial charge on any atom is -0.498 e. The highest BCUT2D eigenvalue weighted by Gasteiger charge is 2.27. The van der Waals surface area contributed by atoms with E-state index in [4.69, 9.17) is 29.4 Å². The van der Waals surface area contributed by atoms with Crippen molar-refractivity contribution in [3.05, 3.63) is 12.3 Å². The minimum absolute atomic E-state index is 0.0611. The topological polar surface area (TPSA) is 155 Å². The molecule has 3 atom stereocenters. The van der Waals surface area contributed by atoms with E-state index in [1.54, 1.807) is 6.26 Å². The highest BCUT2D eigenvalue weighted by Crippen LogP contribution is 2.43. The molecule has 0 aliphatic rings. The summed E-state index contributed by atoms with van der Waals surface area (Å²) in [6.45, 7) is 3.30. The standard InChI is InChI=1S/C42H82NO9P/c1-3-5-7-9-11-13-15-17-18-19-20-21-23-25-27-29-31-33-35-49-36-39(37-50-53(47,48)51-38-40(43)42(45)46)52-41(44)34-32-30-28-26-24-22-16-14-12-10-8-6-4-2/h33,35,39-40H,3-32,34,36-38,43H2,1-2H3,(H,45,46)(H,47,48)/b35-33-/t39-,40+/m1/s1. The second kappa shape index (κ2) is 38.8. The summed E-state index contributed by atoms with van der Waals surface area (Å²) in [7, 11) is -4.62. The van der Waals surface area contributed by atoms with E-state index in [0.29, 0.717) is 6.42 Å². The molecule has 0 aromatic rings. The summed E-state index contributed by atoms with van der Waals surface area (Å²) in [5, 5.41) is 8.88. The van der Waals surface area contributed by atoms with Crippen molar-refractivity contribution in [3.8, 4) is 0 Å². The lowest BCUT2D eigenvalue weighted by atomic mass is 10.0. The number of phosphoric ester groups is 1. The number of allylic oxidation sites excluding steroid dienone is 1. The molecule has 0 aliphatic carbocycles. The number of carboxylic acid groups (broad SMARTS) is 1. The number of rotatable bonds is 42. The predicted octanol–water partition coefficient (Wildman–Crippen LogP) is 12.1. The second-order valence-corrected chi connectivity index (χ2v) is 16.4. The number of ether oxygens (including phenoxy) is 2. The third-order valence-electron chi connectivity index (χ3n) is 9.64. The van der Waals surface area contributed by atoms with Gasteiger partial charge in [-0.15, -0.1) is 0 Å². The Morgan fingerprint density at radius 2 is 0.962 bits per heavy atom. The van der Waals surface area contributed by atoms with E-state index in [0.717, 1.165) is 32.1 Å². The van der Waals surface area contributed by atoms with Crippen molar-refractivity contribution in [1.82, 2.24) is 0 Å². The van der Waals surface area contributed by atoms with E-state index in [1.165, 1.54) is 154 Å². The number of carbonyl (C=O) groups excluding carboxylic acids is 1. The van der Waals surface area contributed by atoms with Crippen LogP contribution in [0.25, 0.3) is 0 Å². The van der Waals surface area contributed by atoms with Gasteiger partial charge in [0.05, 0.1) is 19.5 Å². The van der Waals surface area contributed by atoms with Crippen LogP contribution in [0.2, 0.25) is 0 Å². The average Bonchev–Trinajstić information content (AvgIpc) is 3.13. The van der Waals surface area contributed by atoms with Gasteiger partial charge >= 0.3 is 19.8 Å². The maximum absolute atomic E-state index is 12.6. The summed E-state index contributed by atoms with van der Waals surface area (Å²) >= 11 is 0. The number of hydrogen-bond donors (Lipinski definition) is 3. The second-order valence-electron chi connectivity index (χ2n) is 14.9. The zero-order valence-corrected chi connectivity index (χ0v) is 35.0. The number of unbranched alkanes of at least 4 members (excludes halogenated alkanes) is 28. The molecule has 10 nitrogen and oxygen atoms in total. The van der Waals surface area contributed by atoms with Gasteiger partial charge in [-0.25, -0.2) is 4.57 Å². The fraction of sp³-hybridized carbons (Fsp3) is 0.905. The van der Waals surface area contributed by atoms with Gasteiger partial charge in [-0.2, -0.15) is 0 Å². The zero-order chi connectivity index (χ0) is 39.1. The molecule has 1 unspecified atom stereocenters. The number of nitrogens with two attached hydrogens (primary N) is 1. The Balaban J connectivity index is 4.24. The molecule has 0 saturated heterocycles. The molecule has 0 aliphatic heterocycles. The molecule has 0 aromatic heterocycles. The number of aliphatic carboxylic acids is 1. The van der Waals surface area contributed by atoms with Crippen LogP contribution in [0.5, 0.6) is 0 Å². The Kier molecular flexibility index (Phi) is 37.7. The molecule has 0 heterocycles. The Bertz CT molecular complexity index is 904. The molecule has 0 saturated carbocycles. The highest BCUT2D eigenvalue weighted by atomic mass is 31.2. The monoisotopic (exact) mass is 776 g/mol. The molecule has 0 amide bonds. The number of hydrogen-bond acceptors (Lipinski definition) is 8. The summed E-state index contributed by atoms with van der Waals surface area (Å²) < 4.78 is 33.1. The smallest absolute Gasteiger partial charge is 0.472 e. The van der Waals surface area contributed by atoms with E-state index in [2.05, 4.69) is 13.8 Å². The van der Waals surface area contributed by atoms with E-state index < -0.39 is 45.1 Å². The first-order valence-corrected chi connectivity index (χ1v) is 23.3. The van der Waals surface area contributed by atoms with Gasteiger partial charge in [0, 0.05) is 6.42 Å². The molecule has 11 heteroatoms. The molecule has 0 rings (SSSR count). The first-order chi connectivity index (χ1) is 25.7. The fourth-order valence-corrected chi connectivity index (χ4v) is 7.00. The molecule has 0 bridgehead atoms. The first kappa shape index (κ1) is 51.5. The highest BCUT2D eigenvalue weighted by molar-refractivity contribution is 7.47. The molecular formula is C42H82NO9P. The molecule has 0 fully saturated rings. The van der Waals surface area contributed by atoms with Crippen molar-refractivity contribution >= 4 is 19.8 Å². The van der Waals surface area contributed by atoms with Crippen molar-refractivity contribution in [2.75, 3.05) is 19.8 Å². The van der Waals surface area contributed by atoms with Crippen molar-refractivity contribution in [2.45, 2.75) is 225 Å². The third-order valence-corrected chi connectivity index (χ3v) is 10.6. The summed E-state index contributed by atoms with van der Waals surface area (Å²) in [5.41, 5.74) is 5.35. The largest absolute Gasteiger partial charge is 0.498 e. The van der Waals surface area contributed by atoms with Gasteiger partial charge in [-0.1, -0.05) is 187 Å². The van der Waals surface area contributed by atoms with Crippen molar-refractivity contribution < 1.29 is 42.7 Å². The minimum atomic E-state index is -4.62. The van der Waals surface area contributed by atoms with Gasteiger partial charge in [0.1, 0.15) is 12.6 Å². The SMILES string of the molecule is CCCCCCCCCCCCCCCCCC/C=C\OC[C@H](COP(=O)(O)OC[C@H](N)C(=O)O)OC(=O)CCCCCCCCCCCCCCC. The normalized spacial score (nSPS) is 14.0. The Morgan fingerprint density at radius 1 is 0.585 bits per heavy atom. The van der Waals surface area contributed by atoms with Crippen molar-refractivity contribution in [2.24, 2.45) is 5.73 Å². The summed E-state index contributed by atoms with van der Waals surface area (Å²) in [4.78, 5) is 33.4. The van der Waals surface area contributed by atoms with Crippen LogP contribution in [0.4, 0.5) is 0 Å². The van der Waals surface area contributed by atoms with E-state index in [1.807, 2.05) is 6.08 Å². The maximum atomic E-state index is 12.6. The lowest BCUT2D eigenvalue weighted by molar-refractivity contribution is -0.153. The van der Waals surface area contributed by atoms with Crippen LogP contribution in [0.1, 0.15) is 213 Å². The molecule has 0 spiro atoms. The van der Waals surface area contributed by atoms with E-state index >= 15 is 0 Å². The van der Waals surface area contributed by atoms with Crippen LogP contribution in [-0.4, -0.2) is 53.9 Å². The number of carbonyl (C=O) groups is 2. The van der Waals surface area contributed by atoms with Gasteiger partial charge in [-0.05, 0) is 25.3 Å². The molecular weight excluding hydrogens is 693 g/mol. The summed E-state index contributed by atoms with van der Waals surface area (Å²) in [6.07, 6.45) is 40.6. The number of carboxylic acids is 1. The van der Waals surface area contributed by atoms with Gasteiger partial charge < -0.3 is 25.2 Å². The van der Waals surface area contributed by atoms with E-state index in [-0.39, 0.29) is 13.0 Å². The van der Waals surface area contributed by atoms with Crippen LogP contribution >= 0.6 is 7.82 Å². The lowest BCUT2D eigenvalue weighted by Crippen LogP contribution is -2.34. The Hall–Kier alpha value is -1.45. The number of phosphoric acid groups is 1.